The molecular formula is C18H15N3O2. The van der Waals surface area contributed by atoms with Crippen LogP contribution in [0.3, 0.4) is 0 Å². The van der Waals surface area contributed by atoms with Crippen LogP contribution in [0.25, 0.3) is 32.8 Å². The Labute approximate surface area is 131 Å². The van der Waals surface area contributed by atoms with E-state index in [-0.39, 0.29) is 11.3 Å². The number of nitrogens with zero attached hydrogens (tertiary/aromatic N) is 1. The van der Waals surface area contributed by atoms with Crippen LogP contribution >= 0.6 is 0 Å². The summed E-state index contributed by atoms with van der Waals surface area (Å²) in [5, 5.41) is 4.33. The van der Waals surface area contributed by atoms with Crippen LogP contribution in [-0.4, -0.2) is 15.5 Å². The van der Waals surface area contributed by atoms with E-state index in [1.165, 1.54) is 6.92 Å². The number of aromatic amines is 1. The van der Waals surface area contributed by atoms with E-state index in [1.54, 1.807) is 6.07 Å². The highest BCUT2D eigenvalue weighted by atomic mass is 16.1. The van der Waals surface area contributed by atoms with Gasteiger partial charge in [0, 0.05) is 35.9 Å². The molecule has 0 aliphatic rings. The fourth-order valence-electron chi connectivity index (χ4n) is 3.19. The lowest BCUT2D eigenvalue weighted by Gasteiger charge is -2.10. The number of carbonyl (C=O) groups is 1. The number of aromatic nitrogens is 2. The first-order valence-corrected chi connectivity index (χ1v) is 7.37. The highest BCUT2D eigenvalue weighted by Gasteiger charge is 2.14. The van der Waals surface area contributed by atoms with Gasteiger partial charge in [0.05, 0.1) is 11.0 Å². The Hall–Kier alpha value is -3.08. The number of aryl methyl sites for hydroxylation is 1. The van der Waals surface area contributed by atoms with Gasteiger partial charge in [0.1, 0.15) is 5.52 Å². The van der Waals surface area contributed by atoms with E-state index in [2.05, 4.69) is 10.3 Å². The maximum absolute atomic E-state index is 12.9. The summed E-state index contributed by atoms with van der Waals surface area (Å²) < 4.78 is 2.02. The quantitative estimate of drug-likeness (QED) is 0.567. The molecule has 0 aliphatic heterocycles. The number of para-hydroxylation sites is 1. The molecule has 1 amide bonds. The molecule has 2 heterocycles. The zero-order valence-corrected chi connectivity index (χ0v) is 12.8. The molecule has 2 aromatic carbocycles. The summed E-state index contributed by atoms with van der Waals surface area (Å²) in [6, 6.07) is 13.3. The third-order valence-electron chi connectivity index (χ3n) is 4.16. The lowest BCUT2D eigenvalue weighted by Crippen LogP contribution is -2.10. The summed E-state index contributed by atoms with van der Waals surface area (Å²) in [6.07, 6.45) is 0. The van der Waals surface area contributed by atoms with Crippen molar-refractivity contribution in [1.29, 1.82) is 0 Å². The molecule has 0 spiro atoms. The number of carbonyl (C=O) groups excluding carboxylic acids is 1. The number of amides is 1. The molecule has 0 unspecified atom stereocenters. The number of hydrogen-bond acceptors (Lipinski definition) is 2. The van der Waals surface area contributed by atoms with E-state index >= 15 is 0 Å². The SMILES string of the molecule is CC(=O)Nc1ccc2c(c1)c(=O)c1[nH]c3ccccc3c1n2C. The number of hydrogen-bond donors (Lipinski definition) is 2. The fourth-order valence-corrected chi connectivity index (χ4v) is 3.19. The zero-order valence-electron chi connectivity index (χ0n) is 12.8. The molecule has 0 saturated heterocycles. The summed E-state index contributed by atoms with van der Waals surface area (Å²) in [7, 11) is 1.95. The summed E-state index contributed by atoms with van der Waals surface area (Å²) in [6.45, 7) is 1.45. The first-order chi connectivity index (χ1) is 11.1. The molecule has 114 valence electrons. The standard InChI is InChI=1S/C18H15N3O2/c1-10(22)19-11-7-8-15-13(9-11)18(23)16-17(21(15)2)12-5-3-4-6-14(12)20-16/h3-9,20H,1-2H3,(H,19,22). The third kappa shape index (κ3) is 1.93. The second kappa shape index (κ2) is 4.71. The summed E-state index contributed by atoms with van der Waals surface area (Å²) in [5.74, 6) is -0.159. The minimum absolute atomic E-state index is 0.0588. The molecule has 2 N–H and O–H groups in total. The van der Waals surface area contributed by atoms with Gasteiger partial charge in [-0.15, -0.1) is 0 Å². The van der Waals surface area contributed by atoms with Crippen LogP contribution in [0, 0.1) is 0 Å². The molecule has 0 atom stereocenters. The van der Waals surface area contributed by atoms with Crippen LogP contribution in [0.2, 0.25) is 0 Å². The van der Waals surface area contributed by atoms with Gasteiger partial charge in [-0.1, -0.05) is 18.2 Å². The Morgan fingerprint density at radius 1 is 1.13 bits per heavy atom. The molecule has 0 saturated carbocycles. The van der Waals surface area contributed by atoms with Crippen molar-refractivity contribution in [2.45, 2.75) is 6.92 Å². The Morgan fingerprint density at radius 2 is 1.91 bits per heavy atom. The van der Waals surface area contributed by atoms with E-state index < -0.39 is 0 Å². The number of anilines is 1. The van der Waals surface area contributed by atoms with Crippen molar-refractivity contribution in [2.75, 3.05) is 5.32 Å². The molecule has 4 aromatic rings. The van der Waals surface area contributed by atoms with Gasteiger partial charge in [0.25, 0.3) is 0 Å². The van der Waals surface area contributed by atoms with E-state index in [9.17, 15) is 9.59 Å². The van der Waals surface area contributed by atoms with Crippen LogP contribution in [-0.2, 0) is 11.8 Å². The van der Waals surface area contributed by atoms with Crippen molar-refractivity contribution in [3.05, 3.63) is 52.7 Å². The summed E-state index contributed by atoms with van der Waals surface area (Å²) in [4.78, 5) is 27.3. The van der Waals surface area contributed by atoms with E-state index in [4.69, 9.17) is 0 Å². The first-order valence-electron chi connectivity index (χ1n) is 7.37. The largest absolute Gasteiger partial charge is 0.350 e. The van der Waals surface area contributed by atoms with Crippen molar-refractivity contribution in [3.8, 4) is 0 Å². The molecule has 0 radical (unpaired) electrons. The van der Waals surface area contributed by atoms with Gasteiger partial charge >= 0.3 is 0 Å². The smallest absolute Gasteiger partial charge is 0.221 e. The second-order valence-corrected chi connectivity index (χ2v) is 5.70. The number of nitrogens with one attached hydrogen (secondary N) is 2. The van der Waals surface area contributed by atoms with Gasteiger partial charge in [-0.05, 0) is 24.3 Å². The molecule has 5 heteroatoms. The van der Waals surface area contributed by atoms with Gasteiger partial charge in [-0.2, -0.15) is 0 Å². The van der Waals surface area contributed by atoms with Crippen molar-refractivity contribution in [2.24, 2.45) is 7.05 Å². The van der Waals surface area contributed by atoms with Crippen molar-refractivity contribution >= 4 is 44.4 Å². The number of H-pyrrole nitrogens is 1. The molecular weight excluding hydrogens is 290 g/mol. The van der Waals surface area contributed by atoms with E-state index in [1.807, 2.05) is 48.0 Å². The lowest BCUT2D eigenvalue weighted by atomic mass is 10.1. The Kier molecular flexibility index (Phi) is 2.78. The molecule has 2 aromatic heterocycles. The van der Waals surface area contributed by atoms with E-state index in [0.29, 0.717) is 16.6 Å². The fraction of sp³-hybridized carbons (Fsp3) is 0.111. The summed E-state index contributed by atoms with van der Waals surface area (Å²) in [5.41, 5.74) is 3.81. The number of rotatable bonds is 1. The third-order valence-corrected chi connectivity index (χ3v) is 4.16. The normalized spacial score (nSPS) is 11.4. The molecule has 4 rings (SSSR count). The molecule has 0 bridgehead atoms. The molecule has 0 aliphatic carbocycles. The van der Waals surface area contributed by atoms with Gasteiger partial charge in [0.2, 0.25) is 11.3 Å². The predicted molar refractivity (Wildman–Crippen MR) is 92.9 cm³/mol. The monoisotopic (exact) mass is 305 g/mol. The van der Waals surface area contributed by atoms with Crippen LogP contribution in [0.4, 0.5) is 5.69 Å². The van der Waals surface area contributed by atoms with Crippen LogP contribution in [0.5, 0.6) is 0 Å². The lowest BCUT2D eigenvalue weighted by molar-refractivity contribution is -0.114. The van der Waals surface area contributed by atoms with E-state index in [0.717, 1.165) is 21.9 Å². The summed E-state index contributed by atoms with van der Waals surface area (Å²) >= 11 is 0. The highest BCUT2D eigenvalue weighted by Crippen LogP contribution is 2.27. The number of benzene rings is 2. The predicted octanol–water partition coefficient (Wildman–Crippen LogP) is 3.13. The van der Waals surface area contributed by atoms with Crippen molar-refractivity contribution < 1.29 is 4.79 Å². The topological polar surface area (TPSA) is 66.9 Å². The first kappa shape index (κ1) is 13.6. The maximum atomic E-state index is 12.9. The highest BCUT2D eigenvalue weighted by molar-refractivity contribution is 6.09. The second-order valence-electron chi connectivity index (χ2n) is 5.70. The minimum atomic E-state index is -0.159. The molecule has 23 heavy (non-hydrogen) atoms. The van der Waals surface area contributed by atoms with Crippen molar-refractivity contribution in [3.63, 3.8) is 0 Å². The number of fused-ring (bicyclic) bond motifs is 4. The number of pyridine rings is 1. The van der Waals surface area contributed by atoms with Crippen molar-refractivity contribution in [1.82, 2.24) is 9.55 Å². The molecule has 5 nitrogen and oxygen atoms in total. The van der Waals surface area contributed by atoms with Crippen LogP contribution < -0.4 is 10.7 Å². The Balaban J connectivity index is 2.16. The van der Waals surface area contributed by atoms with Gasteiger partial charge in [-0.3, -0.25) is 9.59 Å². The van der Waals surface area contributed by atoms with Gasteiger partial charge in [0.15, 0.2) is 0 Å². The Morgan fingerprint density at radius 3 is 2.70 bits per heavy atom. The van der Waals surface area contributed by atoms with Crippen LogP contribution in [0.15, 0.2) is 47.3 Å². The zero-order chi connectivity index (χ0) is 16.1. The van der Waals surface area contributed by atoms with Gasteiger partial charge < -0.3 is 14.9 Å². The Bertz CT molecular complexity index is 1150. The average molecular weight is 305 g/mol. The maximum Gasteiger partial charge on any atom is 0.221 e. The minimum Gasteiger partial charge on any atom is -0.350 e. The van der Waals surface area contributed by atoms with Gasteiger partial charge in [-0.25, -0.2) is 0 Å². The van der Waals surface area contributed by atoms with Crippen LogP contribution in [0.1, 0.15) is 6.92 Å². The molecule has 0 fully saturated rings. The average Bonchev–Trinajstić information content (AvgIpc) is 2.92.